The quantitative estimate of drug-likeness (QED) is 0.573. The van der Waals surface area contributed by atoms with E-state index in [4.69, 9.17) is 4.89 Å². The zero-order valence-electron chi connectivity index (χ0n) is 14.2. The second-order valence-electron chi connectivity index (χ2n) is 5.18. The Morgan fingerprint density at radius 3 is 2.54 bits per heavy atom. The number of fused-ring (bicyclic) bond motifs is 1. The third kappa shape index (κ3) is 5.36. The Labute approximate surface area is 140 Å². The van der Waals surface area contributed by atoms with Crippen molar-refractivity contribution in [1.29, 1.82) is 0 Å². The van der Waals surface area contributed by atoms with Crippen molar-refractivity contribution in [2.45, 2.75) is 46.1 Å². The summed E-state index contributed by atoms with van der Waals surface area (Å²) in [4.78, 5) is 39.2. The van der Waals surface area contributed by atoms with Crippen molar-refractivity contribution < 1.29 is 14.0 Å². The molecular formula is C14H24N4O5P+. The Balaban J connectivity index is 0.000000648. The topological polar surface area (TPSA) is 119 Å². The molecule has 2 aromatic heterocycles. The number of aromatic nitrogens is 4. The normalized spacial score (nSPS) is 11.2. The van der Waals surface area contributed by atoms with Crippen molar-refractivity contribution in [2.24, 2.45) is 7.05 Å². The van der Waals surface area contributed by atoms with Gasteiger partial charge in [-0.25, -0.2) is 9.78 Å². The first-order valence-corrected chi connectivity index (χ1v) is 8.98. The van der Waals surface area contributed by atoms with Gasteiger partial charge in [0.15, 0.2) is 5.65 Å². The van der Waals surface area contributed by atoms with Gasteiger partial charge in [0.25, 0.3) is 5.56 Å². The highest BCUT2D eigenvalue weighted by Gasteiger charge is 2.13. The van der Waals surface area contributed by atoms with Crippen LogP contribution in [-0.4, -0.2) is 30.6 Å². The highest BCUT2D eigenvalue weighted by molar-refractivity contribution is 7.32. The number of aryl methyl sites for hydroxylation is 1. The smallest absolute Gasteiger partial charge is 0.339 e. The summed E-state index contributed by atoms with van der Waals surface area (Å²) >= 11 is 0. The summed E-state index contributed by atoms with van der Waals surface area (Å²) in [7, 11) is -1.06. The molecule has 1 atom stereocenters. The van der Waals surface area contributed by atoms with Crippen LogP contribution in [0.2, 0.25) is 0 Å². The number of hydrogen-bond acceptors (Lipinski definition) is 5. The first kappa shape index (κ1) is 20.2. The second kappa shape index (κ2) is 10.1. The van der Waals surface area contributed by atoms with E-state index in [9.17, 15) is 14.2 Å². The number of hydrogen-bond donors (Lipinski definition) is 2. The summed E-state index contributed by atoms with van der Waals surface area (Å²) in [5, 5.41) is 0. The Morgan fingerprint density at radius 2 is 1.96 bits per heavy atom. The summed E-state index contributed by atoms with van der Waals surface area (Å²) < 4.78 is 17.2. The van der Waals surface area contributed by atoms with Crippen LogP contribution in [0.3, 0.4) is 0 Å². The molecule has 2 N–H and O–H groups in total. The average Bonchev–Trinajstić information content (AvgIpc) is 3.05. The van der Waals surface area contributed by atoms with Gasteiger partial charge >= 0.3 is 13.9 Å². The van der Waals surface area contributed by atoms with Crippen LogP contribution in [0.1, 0.15) is 39.5 Å². The first-order chi connectivity index (χ1) is 11.4. The van der Waals surface area contributed by atoms with Gasteiger partial charge in [-0.2, -0.15) is 0 Å². The van der Waals surface area contributed by atoms with Crippen molar-refractivity contribution in [3.8, 4) is 0 Å². The average molecular weight is 359 g/mol. The fourth-order valence-corrected chi connectivity index (χ4v) is 2.19. The molecule has 0 fully saturated rings. The van der Waals surface area contributed by atoms with Gasteiger partial charge in [-0.15, -0.1) is 9.42 Å². The molecule has 0 aliphatic carbocycles. The Kier molecular flexibility index (Phi) is 8.53. The monoisotopic (exact) mass is 359 g/mol. The molecule has 2 heterocycles. The van der Waals surface area contributed by atoms with Gasteiger partial charge in [0.2, 0.25) is 0 Å². The summed E-state index contributed by atoms with van der Waals surface area (Å²) in [6, 6.07) is 0. The molecule has 0 amide bonds. The molecule has 134 valence electrons. The Bertz CT molecular complexity index is 778. The summed E-state index contributed by atoms with van der Waals surface area (Å²) in [6.07, 6.45) is 4.96. The van der Waals surface area contributed by atoms with Gasteiger partial charge in [0, 0.05) is 18.2 Å². The van der Waals surface area contributed by atoms with E-state index < -0.39 is 19.5 Å². The first-order valence-electron chi connectivity index (χ1n) is 7.85. The van der Waals surface area contributed by atoms with Crippen LogP contribution in [0, 0.1) is 0 Å². The van der Waals surface area contributed by atoms with E-state index in [1.165, 1.54) is 23.7 Å². The van der Waals surface area contributed by atoms with Crippen LogP contribution >= 0.6 is 8.25 Å². The van der Waals surface area contributed by atoms with Gasteiger partial charge in [0.1, 0.15) is 12.1 Å². The maximum atomic E-state index is 12.1. The van der Waals surface area contributed by atoms with E-state index in [2.05, 4.69) is 28.3 Å². The lowest BCUT2D eigenvalue weighted by atomic mass is 10.3. The van der Waals surface area contributed by atoms with Crippen LogP contribution in [0.25, 0.3) is 11.2 Å². The van der Waals surface area contributed by atoms with Crippen LogP contribution in [0.4, 0.5) is 0 Å². The minimum atomic E-state index is -2.60. The molecule has 24 heavy (non-hydrogen) atoms. The molecule has 0 aliphatic heterocycles. The minimum absolute atomic E-state index is 0.104. The fraction of sp³-hybridized carbons (Fsp3) is 0.643. The molecule has 0 bridgehead atoms. The molecular weight excluding hydrogens is 335 g/mol. The van der Waals surface area contributed by atoms with Crippen LogP contribution in [0.15, 0.2) is 15.9 Å². The lowest BCUT2D eigenvalue weighted by molar-refractivity contribution is 0.272. The molecule has 1 unspecified atom stereocenters. The number of imidazole rings is 1. The molecule has 0 aliphatic rings. The molecule has 2 aromatic rings. The molecule has 10 heteroatoms. The molecule has 0 spiro atoms. The number of nitrogens with zero attached hydrogens (tertiary/aromatic N) is 3. The lowest BCUT2D eigenvalue weighted by Crippen LogP contribution is -2.39. The highest BCUT2D eigenvalue weighted by Crippen LogP contribution is 2.14. The predicted molar refractivity (Wildman–Crippen MR) is 91.2 cm³/mol. The van der Waals surface area contributed by atoms with Crippen molar-refractivity contribution in [3.63, 3.8) is 0 Å². The number of aromatic amines is 1. The van der Waals surface area contributed by atoms with Crippen molar-refractivity contribution in [1.82, 2.24) is 19.1 Å². The van der Waals surface area contributed by atoms with E-state index in [0.29, 0.717) is 18.5 Å². The fourth-order valence-electron chi connectivity index (χ4n) is 1.90. The maximum absolute atomic E-state index is 12.1. The van der Waals surface area contributed by atoms with Crippen LogP contribution < -0.4 is 11.2 Å². The van der Waals surface area contributed by atoms with Gasteiger partial charge in [-0.3, -0.25) is 13.9 Å². The summed E-state index contributed by atoms with van der Waals surface area (Å²) in [6.45, 7) is 4.68. The van der Waals surface area contributed by atoms with Crippen LogP contribution in [0.5, 0.6) is 0 Å². The largest absolute Gasteiger partial charge is 0.694 e. The van der Waals surface area contributed by atoms with E-state index in [-0.39, 0.29) is 18.7 Å². The van der Waals surface area contributed by atoms with E-state index in [1.807, 2.05) is 0 Å². The molecule has 2 rings (SSSR count). The van der Waals surface area contributed by atoms with Gasteiger partial charge < -0.3 is 4.98 Å². The third-order valence-corrected chi connectivity index (χ3v) is 3.80. The third-order valence-electron chi connectivity index (χ3n) is 3.39. The standard InChI is InChI=1S/C10H13N4O5P.C4H10/c1-13-8-7(11-6-12-8)9(15)14(10(13)16)4-2-3-5-19-20(17)18;1-3-4-2/h6H,2-5H2,1H3,(H-,11,12,15,17,18);3-4H2,1-2H3/p+1. The number of H-pyrrole nitrogens is 1. The molecule has 0 radical (unpaired) electrons. The Hall–Kier alpha value is -1.83. The van der Waals surface area contributed by atoms with Gasteiger partial charge in [0.05, 0.1) is 6.33 Å². The second-order valence-corrected chi connectivity index (χ2v) is 5.91. The Morgan fingerprint density at radius 1 is 1.29 bits per heavy atom. The van der Waals surface area contributed by atoms with E-state index in [0.717, 1.165) is 4.57 Å². The van der Waals surface area contributed by atoms with Gasteiger partial charge in [-0.05, 0) is 12.8 Å². The number of nitrogens with one attached hydrogen (secondary N) is 1. The van der Waals surface area contributed by atoms with Crippen molar-refractivity contribution >= 4 is 19.4 Å². The van der Waals surface area contributed by atoms with E-state index >= 15 is 0 Å². The van der Waals surface area contributed by atoms with Crippen molar-refractivity contribution in [3.05, 3.63) is 27.2 Å². The predicted octanol–water partition coefficient (Wildman–Crippen LogP) is 1.68. The number of unbranched alkanes of at least 4 members (excludes halogenated alkanes) is 2. The SMILES string of the molecule is CCCC.Cn1c(=O)n(CCCCO[P+](=O)O)c(=O)c2[nH]cnc21. The molecule has 0 saturated carbocycles. The maximum Gasteiger partial charge on any atom is 0.694 e. The van der Waals surface area contributed by atoms with Crippen LogP contribution in [-0.2, 0) is 22.7 Å². The molecule has 0 aromatic carbocycles. The summed E-state index contributed by atoms with van der Waals surface area (Å²) in [5.41, 5.74) is -0.267. The molecule has 9 nitrogen and oxygen atoms in total. The van der Waals surface area contributed by atoms with Crippen molar-refractivity contribution in [2.75, 3.05) is 6.61 Å². The zero-order valence-corrected chi connectivity index (χ0v) is 15.1. The summed E-state index contributed by atoms with van der Waals surface area (Å²) in [5.74, 6) is 0. The highest BCUT2D eigenvalue weighted by atomic mass is 31.1. The molecule has 0 saturated heterocycles. The van der Waals surface area contributed by atoms with E-state index in [1.54, 1.807) is 7.05 Å². The zero-order chi connectivity index (χ0) is 18.1. The van der Waals surface area contributed by atoms with Gasteiger partial charge in [-0.1, -0.05) is 26.7 Å². The number of rotatable bonds is 7. The minimum Gasteiger partial charge on any atom is -0.339 e. The lowest BCUT2D eigenvalue weighted by Gasteiger charge is -2.06.